The van der Waals surface area contributed by atoms with Gasteiger partial charge in [-0.3, -0.25) is 4.52 Å². The molecule has 0 bridgehead atoms. The van der Waals surface area contributed by atoms with E-state index in [0.29, 0.717) is 19.3 Å². The molecule has 0 aliphatic carbocycles. The molecule has 10 heteroatoms. The van der Waals surface area contributed by atoms with Gasteiger partial charge in [0.25, 0.3) is 0 Å². The number of rotatable bonds is 19. The highest BCUT2D eigenvalue weighted by Gasteiger charge is 2.31. The molecule has 8 nitrogen and oxygen atoms in total. The molecule has 4 N–H and O–H groups in total. The molecule has 0 saturated heterocycles. The van der Waals surface area contributed by atoms with Gasteiger partial charge < -0.3 is 19.8 Å². The maximum absolute atomic E-state index is 11.2. The van der Waals surface area contributed by atoms with Gasteiger partial charge in [-0.15, -0.1) is 0 Å². The molecule has 0 saturated carbocycles. The fourth-order valence-corrected chi connectivity index (χ4v) is 4.46. The van der Waals surface area contributed by atoms with Crippen LogP contribution in [-0.4, -0.2) is 32.5 Å². The van der Waals surface area contributed by atoms with Gasteiger partial charge in [-0.25, -0.2) is 9.13 Å². The molecule has 27 heavy (non-hydrogen) atoms. The van der Waals surface area contributed by atoms with Crippen LogP contribution >= 0.6 is 15.6 Å². The average Bonchev–Trinajstić information content (AvgIpc) is 2.54. The Morgan fingerprint density at radius 3 is 1.67 bits per heavy atom. The van der Waals surface area contributed by atoms with Crippen molar-refractivity contribution in [2.75, 3.05) is 6.61 Å². The van der Waals surface area contributed by atoms with Crippen LogP contribution in [0.25, 0.3) is 0 Å². The molecule has 2 unspecified atom stereocenters. The van der Waals surface area contributed by atoms with Crippen molar-refractivity contribution in [1.29, 1.82) is 0 Å². The van der Waals surface area contributed by atoms with Crippen LogP contribution in [0.3, 0.4) is 0 Å². The van der Waals surface area contributed by atoms with E-state index in [9.17, 15) is 14.2 Å². The van der Waals surface area contributed by atoms with E-state index in [4.69, 9.17) is 14.7 Å². The summed E-state index contributed by atoms with van der Waals surface area (Å²) in [7, 11) is -9.78. The molecule has 0 radical (unpaired) electrons. The first-order valence-electron chi connectivity index (χ1n) is 10.1. The summed E-state index contributed by atoms with van der Waals surface area (Å²) in [5.41, 5.74) is 0. The summed E-state index contributed by atoms with van der Waals surface area (Å²) >= 11 is 0. The zero-order valence-electron chi connectivity index (χ0n) is 16.5. The fraction of sp³-hybridized carbons (Fsp3) is 1.00. The lowest BCUT2D eigenvalue weighted by Gasteiger charge is -2.13. The second-order valence-corrected chi connectivity index (χ2v) is 9.82. The summed E-state index contributed by atoms with van der Waals surface area (Å²) in [4.78, 5) is 26.0. The van der Waals surface area contributed by atoms with Gasteiger partial charge in [-0.05, 0) is 19.3 Å². The molecule has 0 aromatic rings. The highest BCUT2D eigenvalue weighted by atomic mass is 31.3. The number of aliphatic hydroxyl groups is 1. The van der Waals surface area contributed by atoms with Crippen molar-refractivity contribution >= 4 is 15.6 Å². The molecule has 0 rings (SSSR count). The normalized spacial score (nSPS) is 15.6. The number of unbranched alkanes of at least 4 members (excludes halogenated alkanes) is 10. The van der Waals surface area contributed by atoms with E-state index in [0.717, 1.165) is 25.7 Å². The van der Waals surface area contributed by atoms with E-state index < -0.39 is 15.6 Å². The summed E-state index contributed by atoms with van der Waals surface area (Å²) in [5, 5.41) is 9.94. The summed E-state index contributed by atoms with van der Waals surface area (Å²) in [5.74, 6) is 0. The summed E-state index contributed by atoms with van der Waals surface area (Å²) in [6.45, 7) is 2.08. The zero-order chi connectivity index (χ0) is 20.6. The largest absolute Gasteiger partial charge is 0.481 e. The molecule has 0 aliphatic rings. The number of hydrogen-bond acceptors (Lipinski definition) is 5. The Balaban J connectivity index is 3.45. The molecule has 0 aliphatic heterocycles. The van der Waals surface area contributed by atoms with Crippen molar-refractivity contribution in [3.05, 3.63) is 0 Å². The minimum absolute atomic E-state index is 0.137. The Hall–Kier alpha value is 0.220. The van der Waals surface area contributed by atoms with E-state index in [1.54, 1.807) is 0 Å². The third-order valence-corrected chi connectivity index (χ3v) is 6.47. The second kappa shape index (κ2) is 16.1. The average molecular weight is 432 g/mol. The second-order valence-electron chi connectivity index (χ2n) is 6.99. The number of aliphatic hydroxyl groups excluding tert-OH is 1. The lowest BCUT2D eigenvalue weighted by Crippen LogP contribution is -2.06. The van der Waals surface area contributed by atoms with Crippen LogP contribution in [0.4, 0.5) is 0 Å². The van der Waals surface area contributed by atoms with Crippen molar-refractivity contribution in [2.24, 2.45) is 0 Å². The number of phosphoric ester groups is 1. The monoisotopic (exact) mass is 432 g/mol. The molecule has 164 valence electrons. The van der Waals surface area contributed by atoms with Gasteiger partial charge in [0.05, 0.1) is 12.7 Å². The quantitative estimate of drug-likeness (QED) is 0.164. The van der Waals surface area contributed by atoms with Crippen molar-refractivity contribution in [3.63, 3.8) is 0 Å². The molecule has 0 spiro atoms. The van der Waals surface area contributed by atoms with Crippen LogP contribution in [0, 0.1) is 0 Å². The predicted octanol–water partition coefficient (Wildman–Crippen LogP) is 5.05. The summed E-state index contributed by atoms with van der Waals surface area (Å²) in [6.07, 6.45) is 14.3. The van der Waals surface area contributed by atoms with Crippen LogP contribution < -0.4 is 0 Å². The highest BCUT2D eigenvalue weighted by molar-refractivity contribution is 7.60. The third-order valence-electron chi connectivity index (χ3n) is 4.29. The van der Waals surface area contributed by atoms with Gasteiger partial charge >= 0.3 is 15.6 Å². The van der Waals surface area contributed by atoms with E-state index >= 15 is 0 Å². The lowest BCUT2D eigenvalue weighted by molar-refractivity contribution is 0.144. The first-order chi connectivity index (χ1) is 12.7. The van der Waals surface area contributed by atoms with Crippen molar-refractivity contribution in [1.82, 2.24) is 0 Å². The lowest BCUT2D eigenvalue weighted by atomic mass is 10.0. The van der Waals surface area contributed by atoms with E-state index in [1.165, 1.54) is 44.9 Å². The van der Waals surface area contributed by atoms with Crippen LogP contribution in [0.5, 0.6) is 0 Å². The molecular formula is C17H38O8P2. The Morgan fingerprint density at radius 1 is 0.741 bits per heavy atom. The zero-order valence-corrected chi connectivity index (χ0v) is 18.3. The van der Waals surface area contributed by atoms with Gasteiger partial charge in [-0.2, -0.15) is 4.31 Å². The number of hydrogen-bond donors (Lipinski definition) is 4. The molecule has 0 fully saturated rings. The van der Waals surface area contributed by atoms with Gasteiger partial charge in [0.1, 0.15) is 0 Å². The summed E-state index contributed by atoms with van der Waals surface area (Å²) < 4.78 is 29.9. The van der Waals surface area contributed by atoms with Crippen LogP contribution in [0.1, 0.15) is 96.8 Å². The number of phosphoric acid groups is 2. The van der Waals surface area contributed by atoms with Crippen LogP contribution in [-0.2, 0) is 18.0 Å². The van der Waals surface area contributed by atoms with Gasteiger partial charge in [0.2, 0.25) is 0 Å². The van der Waals surface area contributed by atoms with Crippen LogP contribution in [0.15, 0.2) is 0 Å². The highest BCUT2D eigenvalue weighted by Crippen LogP contribution is 2.57. The van der Waals surface area contributed by atoms with Gasteiger partial charge in [0, 0.05) is 0 Å². The Bertz CT molecular complexity index is 441. The van der Waals surface area contributed by atoms with Crippen molar-refractivity contribution < 1.29 is 37.8 Å². The Kier molecular flexibility index (Phi) is 16.2. The first kappa shape index (κ1) is 27.2. The molecule has 0 aromatic carbocycles. The fourth-order valence-electron chi connectivity index (χ4n) is 2.83. The Labute approximate surface area is 163 Å². The van der Waals surface area contributed by atoms with Gasteiger partial charge in [0.15, 0.2) is 0 Å². The van der Waals surface area contributed by atoms with E-state index in [2.05, 4.69) is 15.8 Å². The van der Waals surface area contributed by atoms with Crippen molar-refractivity contribution in [2.45, 2.75) is 103 Å². The third kappa shape index (κ3) is 20.8. The van der Waals surface area contributed by atoms with Gasteiger partial charge in [-0.1, -0.05) is 77.6 Å². The Morgan fingerprint density at radius 2 is 1.19 bits per heavy atom. The smallest absolute Gasteiger partial charge is 0.393 e. The summed E-state index contributed by atoms with van der Waals surface area (Å²) in [6, 6.07) is 0. The SMILES string of the molecule is CCCCCCCCCCCC(O)CCCCCOP(=O)(O)OP(=O)(O)O. The predicted molar refractivity (Wildman–Crippen MR) is 105 cm³/mol. The maximum atomic E-state index is 11.2. The molecule has 0 aromatic heterocycles. The maximum Gasteiger partial charge on any atom is 0.481 e. The van der Waals surface area contributed by atoms with E-state index in [-0.39, 0.29) is 12.7 Å². The van der Waals surface area contributed by atoms with E-state index in [1.807, 2.05) is 0 Å². The minimum Gasteiger partial charge on any atom is -0.393 e. The molecule has 2 atom stereocenters. The first-order valence-corrected chi connectivity index (χ1v) is 13.1. The topological polar surface area (TPSA) is 134 Å². The van der Waals surface area contributed by atoms with Crippen molar-refractivity contribution in [3.8, 4) is 0 Å². The molecule has 0 heterocycles. The molecule has 0 amide bonds. The minimum atomic E-state index is -5.06. The standard InChI is InChI=1S/C17H38O8P2/c1-2-3-4-5-6-7-8-9-11-14-17(18)15-12-10-13-16-24-27(22,23)25-26(19,20)21/h17-18H,2-16H2,1H3,(H,22,23)(H2,19,20,21). The molecular weight excluding hydrogens is 394 g/mol. The van der Waals surface area contributed by atoms with Crippen LogP contribution in [0.2, 0.25) is 0 Å².